The van der Waals surface area contributed by atoms with Crippen LogP contribution in [0.1, 0.15) is 35.4 Å². The molecule has 0 radical (unpaired) electrons. The van der Waals surface area contributed by atoms with Gasteiger partial charge in [0.15, 0.2) is 6.61 Å². The van der Waals surface area contributed by atoms with Crippen molar-refractivity contribution in [3.05, 3.63) is 48.0 Å². The Balaban J connectivity index is 2.10. The predicted molar refractivity (Wildman–Crippen MR) is 87.8 cm³/mol. The summed E-state index contributed by atoms with van der Waals surface area (Å²) in [5.74, 6) is -0.531. The summed E-state index contributed by atoms with van der Waals surface area (Å²) in [6.45, 7) is 0.216. The zero-order valence-electron chi connectivity index (χ0n) is 14.1. The molecule has 1 amide bonds. The number of hydrogen-bond acceptors (Lipinski definition) is 4. The Morgan fingerprint density at radius 2 is 2.08 bits per heavy atom. The molecule has 0 aliphatic carbocycles. The Labute approximate surface area is 148 Å². The molecule has 2 unspecified atom stereocenters. The molecule has 1 aromatic carbocycles. The summed E-state index contributed by atoms with van der Waals surface area (Å²) in [7, 11) is 0. The second-order valence-corrected chi connectivity index (χ2v) is 5.93. The normalized spacial score (nSPS) is 14.0. The first kappa shape index (κ1) is 19.8. The molecule has 2 atom stereocenters. The van der Waals surface area contributed by atoms with E-state index >= 15 is 0 Å². The zero-order chi connectivity index (χ0) is 19.3. The number of carbonyl (C=O) groups is 1. The summed E-state index contributed by atoms with van der Waals surface area (Å²) >= 11 is 0. The summed E-state index contributed by atoms with van der Waals surface area (Å²) in [5.41, 5.74) is 5.84. The van der Waals surface area contributed by atoms with Crippen LogP contribution in [-0.4, -0.2) is 39.5 Å². The van der Waals surface area contributed by atoms with Crippen LogP contribution in [0.25, 0.3) is 0 Å². The second-order valence-electron chi connectivity index (χ2n) is 5.93. The highest BCUT2D eigenvalue weighted by atomic mass is 19.4. The molecule has 6 nitrogen and oxygen atoms in total. The van der Waals surface area contributed by atoms with E-state index in [0.717, 1.165) is 0 Å². The van der Waals surface area contributed by atoms with E-state index in [1.54, 1.807) is 29.7 Å². The van der Waals surface area contributed by atoms with E-state index in [4.69, 9.17) is 10.5 Å². The number of halogens is 3. The lowest BCUT2D eigenvalue weighted by Crippen LogP contribution is -2.22. The number of aliphatic hydroxyl groups is 1. The van der Waals surface area contributed by atoms with Crippen molar-refractivity contribution < 1.29 is 27.8 Å². The molecule has 2 aromatic rings. The molecule has 0 spiro atoms. The number of alkyl halides is 3. The highest BCUT2D eigenvalue weighted by Crippen LogP contribution is 2.26. The van der Waals surface area contributed by atoms with Crippen LogP contribution in [0.3, 0.4) is 0 Å². The molecule has 1 heterocycles. The van der Waals surface area contributed by atoms with E-state index in [-0.39, 0.29) is 11.4 Å². The van der Waals surface area contributed by atoms with Crippen molar-refractivity contribution >= 4 is 5.91 Å². The van der Waals surface area contributed by atoms with Gasteiger partial charge in [0.2, 0.25) is 0 Å². The first-order chi connectivity index (χ1) is 12.2. The number of primary amides is 1. The van der Waals surface area contributed by atoms with Crippen LogP contribution in [0.4, 0.5) is 13.2 Å². The fourth-order valence-electron chi connectivity index (χ4n) is 2.60. The van der Waals surface area contributed by atoms with Crippen LogP contribution in [0.2, 0.25) is 0 Å². The van der Waals surface area contributed by atoms with Gasteiger partial charge in [-0.3, -0.25) is 4.79 Å². The third-order valence-electron chi connectivity index (χ3n) is 3.87. The molecule has 142 valence electrons. The maximum Gasteiger partial charge on any atom is 0.422 e. The average molecular weight is 371 g/mol. The van der Waals surface area contributed by atoms with Gasteiger partial charge in [0.25, 0.3) is 5.91 Å². The van der Waals surface area contributed by atoms with Gasteiger partial charge in [0.05, 0.1) is 18.5 Å². The van der Waals surface area contributed by atoms with E-state index in [1.165, 1.54) is 18.6 Å². The van der Waals surface area contributed by atoms with Crippen molar-refractivity contribution in [3.8, 4) is 5.75 Å². The molecule has 2 rings (SSSR count). The molecule has 9 heteroatoms. The third-order valence-corrected chi connectivity index (χ3v) is 3.87. The molecule has 0 aliphatic rings. The highest BCUT2D eigenvalue weighted by Gasteiger charge is 2.29. The van der Waals surface area contributed by atoms with Gasteiger partial charge in [-0.1, -0.05) is 18.2 Å². The van der Waals surface area contributed by atoms with E-state index in [2.05, 4.69) is 4.98 Å². The molecule has 0 saturated carbocycles. The Morgan fingerprint density at radius 3 is 2.65 bits per heavy atom. The van der Waals surface area contributed by atoms with Crippen molar-refractivity contribution in [1.29, 1.82) is 0 Å². The van der Waals surface area contributed by atoms with E-state index in [1.807, 2.05) is 0 Å². The van der Waals surface area contributed by atoms with Crippen molar-refractivity contribution in [2.24, 2.45) is 5.73 Å². The van der Waals surface area contributed by atoms with Crippen LogP contribution >= 0.6 is 0 Å². The van der Waals surface area contributed by atoms with Gasteiger partial charge in [-0.25, -0.2) is 4.98 Å². The average Bonchev–Trinajstić information content (AvgIpc) is 3.03. The summed E-state index contributed by atoms with van der Waals surface area (Å²) in [6, 6.07) is 6.02. The molecule has 0 saturated heterocycles. The standard InChI is InChI=1S/C17H20F3N3O3/c1-11(24)14(23-8-13(16(21)25)22-10-23)7-6-12-4-2-3-5-15(12)26-9-17(18,19)20/h2-5,8,10-11,14,24H,6-7,9H2,1H3,(H2,21,25). The number of ether oxygens (including phenoxy) is 1. The summed E-state index contributed by atoms with van der Waals surface area (Å²) < 4.78 is 43.6. The summed E-state index contributed by atoms with van der Waals surface area (Å²) in [4.78, 5) is 15.0. The summed E-state index contributed by atoms with van der Waals surface area (Å²) in [5, 5.41) is 10.0. The monoisotopic (exact) mass is 371 g/mol. The number of para-hydroxylation sites is 1. The number of aliphatic hydroxyl groups excluding tert-OH is 1. The molecular weight excluding hydrogens is 351 g/mol. The van der Waals surface area contributed by atoms with Crippen LogP contribution in [-0.2, 0) is 6.42 Å². The molecular formula is C17H20F3N3O3. The minimum absolute atomic E-state index is 0.0737. The number of carbonyl (C=O) groups excluding carboxylic acids is 1. The molecule has 3 N–H and O–H groups in total. The lowest BCUT2D eigenvalue weighted by molar-refractivity contribution is -0.153. The van der Waals surface area contributed by atoms with Gasteiger partial charge < -0.3 is 20.1 Å². The number of aromatic nitrogens is 2. The van der Waals surface area contributed by atoms with Gasteiger partial charge in [0, 0.05) is 6.20 Å². The molecule has 0 aliphatic heterocycles. The van der Waals surface area contributed by atoms with Crippen LogP contribution in [0.15, 0.2) is 36.8 Å². The van der Waals surface area contributed by atoms with E-state index in [0.29, 0.717) is 18.4 Å². The number of hydrogen-bond donors (Lipinski definition) is 2. The lowest BCUT2D eigenvalue weighted by atomic mass is 10.0. The predicted octanol–water partition coefficient (Wildman–Crippen LogP) is 2.48. The molecule has 0 fully saturated rings. The number of rotatable bonds is 8. The zero-order valence-corrected chi connectivity index (χ0v) is 14.1. The smallest absolute Gasteiger partial charge is 0.422 e. The van der Waals surface area contributed by atoms with Crippen molar-refractivity contribution in [2.75, 3.05) is 6.61 Å². The largest absolute Gasteiger partial charge is 0.484 e. The Morgan fingerprint density at radius 1 is 1.38 bits per heavy atom. The fourth-order valence-corrected chi connectivity index (χ4v) is 2.60. The first-order valence-corrected chi connectivity index (χ1v) is 7.96. The molecule has 0 bridgehead atoms. The van der Waals surface area contributed by atoms with Crippen LogP contribution in [0.5, 0.6) is 5.75 Å². The number of aryl methyl sites for hydroxylation is 1. The number of amides is 1. The van der Waals surface area contributed by atoms with Crippen molar-refractivity contribution in [3.63, 3.8) is 0 Å². The van der Waals surface area contributed by atoms with Crippen LogP contribution in [0, 0.1) is 0 Å². The van der Waals surface area contributed by atoms with Gasteiger partial charge in [-0.05, 0) is 31.4 Å². The number of nitrogens with two attached hydrogens (primary N) is 1. The van der Waals surface area contributed by atoms with Gasteiger partial charge >= 0.3 is 6.18 Å². The van der Waals surface area contributed by atoms with E-state index in [9.17, 15) is 23.1 Å². The second kappa shape index (κ2) is 8.22. The Kier molecular flexibility index (Phi) is 6.25. The van der Waals surface area contributed by atoms with Crippen molar-refractivity contribution in [1.82, 2.24) is 9.55 Å². The van der Waals surface area contributed by atoms with Gasteiger partial charge in [-0.15, -0.1) is 0 Å². The van der Waals surface area contributed by atoms with Gasteiger partial charge in [0.1, 0.15) is 11.4 Å². The molecule has 1 aromatic heterocycles. The lowest BCUT2D eigenvalue weighted by Gasteiger charge is -2.22. The minimum Gasteiger partial charge on any atom is -0.484 e. The SMILES string of the molecule is CC(O)C(CCc1ccccc1OCC(F)(F)F)n1cnc(C(N)=O)c1. The number of benzene rings is 1. The number of nitrogens with zero attached hydrogens (tertiary/aromatic N) is 2. The molecule has 26 heavy (non-hydrogen) atoms. The van der Waals surface area contributed by atoms with Crippen LogP contribution < -0.4 is 10.5 Å². The fraction of sp³-hybridized carbons (Fsp3) is 0.412. The Bertz CT molecular complexity index is 744. The summed E-state index contributed by atoms with van der Waals surface area (Å²) in [6.07, 6.45) is -1.59. The third kappa shape index (κ3) is 5.48. The van der Waals surface area contributed by atoms with Gasteiger partial charge in [-0.2, -0.15) is 13.2 Å². The highest BCUT2D eigenvalue weighted by molar-refractivity contribution is 5.90. The minimum atomic E-state index is -4.42. The Hall–Kier alpha value is -2.55. The quantitative estimate of drug-likeness (QED) is 0.746. The first-order valence-electron chi connectivity index (χ1n) is 7.96. The maximum atomic E-state index is 12.4. The van der Waals surface area contributed by atoms with E-state index < -0.39 is 30.8 Å². The van der Waals surface area contributed by atoms with Crippen molar-refractivity contribution in [2.45, 2.75) is 38.1 Å². The topological polar surface area (TPSA) is 90.4 Å². The number of imidazole rings is 1. The maximum absolute atomic E-state index is 12.4.